The molecular formula is C23H30N2O3S. The second kappa shape index (κ2) is 10.0. The van der Waals surface area contributed by atoms with Crippen LogP contribution < -0.4 is 5.32 Å². The highest BCUT2D eigenvalue weighted by atomic mass is 32.2. The number of hydrogen-bond acceptors (Lipinski definition) is 3. The summed E-state index contributed by atoms with van der Waals surface area (Å²) < 4.78 is 27.0. The van der Waals surface area contributed by atoms with Gasteiger partial charge in [-0.1, -0.05) is 49.4 Å². The van der Waals surface area contributed by atoms with Crippen molar-refractivity contribution >= 4 is 21.6 Å². The Hall–Kier alpha value is -2.18. The molecule has 156 valence electrons. The van der Waals surface area contributed by atoms with Crippen LogP contribution in [0.4, 0.5) is 5.69 Å². The summed E-state index contributed by atoms with van der Waals surface area (Å²) in [5.74, 6) is -0.286. The lowest BCUT2D eigenvalue weighted by atomic mass is 9.98. The van der Waals surface area contributed by atoms with E-state index in [-0.39, 0.29) is 24.1 Å². The van der Waals surface area contributed by atoms with Gasteiger partial charge in [0.15, 0.2) is 0 Å². The standard InChI is InChI=1S/C23H30N2O3S/c1-2-19-12-14-22(15-13-19)24-23(26)21-11-6-16-25(18-21)29(27,28)17-7-10-20-8-4-3-5-9-20/h3-5,8-9,12-15,21H,2,6-7,10-11,16-18H2,1H3,(H,24,26)/t21-/m1/s1. The first kappa shape index (κ1) is 21.5. The van der Waals surface area contributed by atoms with Crippen LogP contribution in [0.5, 0.6) is 0 Å². The summed E-state index contributed by atoms with van der Waals surface area (Å²) in [5, 5.41) is 2.94. The third-order valence-electron chi connectivity index (χ3n) is 5.49. The summed E-state index contributed by atoms with van der Waals surface area (Å²) in [6, 6.07) is 17.7. The number of benzene rings is 2. The summed E-state index contributed by atoms with van der Waals surface area (Å²) in [6.45, 7) is 2.86. The minimum Gasteiger partial charge on any atom is -0.326 e. The van der Waals surface area contributed by atoms with Crippen LogP contribution in [-0.4, -0.2) is 37.5 Å². The van der Waals surface area contributed by atoms with Crippen molar-refractivity contribution in [3.05, 3.63) is 65.7 Å². The van der Waals surface area contributed by atoms with Crippen molar-refractivity contribution < 1.29 is 13.2 Å². The van der Waals surface area contributed by atoms with E-state index in [0.717, 1.165) is 30.5 Å². The van der Waals surface area contributed by atoms with E-state index in [2.05, 4.69) is 12.2 Å². The monoisotopic (exact) mass is 414 g/mol. The lowest BCUT2D eigenvalue weighted by molar-refractivity contribution is -0.120. The van der Waals surface area contributed by atoms with E-state index in [9.17, 15) is 13.2 Å². The Morgan fingerprint density at radius 1 is 1.07 bits per heavy atom. The van der Waals surface area contributed by atoms with Gasteiger partial charge in [-0.3, -0.25) is 4.79 Å². The predicted molar refractivity (Wildman–Crippen MR) is 117 cm³/mol. The van der Waals surface area contributed by atoms with Crippen LogP contribution in [0.25, 0.3) is 0 Å². The van der Waals surface area contributed by atoms with E-state index in [1.54, 1.807) is 0 Å². The van der Waals surface area contributed by atoms with Gasteiger partial charge in [-0.05, 0) is 55.4 Å². The number of sulfonamides is 1. The molecule has 0 spiro atoms. The molecule has 1 atom stereocenters. The molecule has 1 N–H and O–H groups in total. The van der Waals surface area contributed by atoms with Crippen LogP contribution in [0.15, 0.2) is 54.6 Å². The van der Waals surface area contributed by atoms with Crippen LogP contribution in [0.2, 0.25) is 0 Å². The van der Waals surface area contributed by atoms with Gasteiger partial charge in [-0.25, -0.2) is 12.7 Å². The van der Waals surface area contributed by atoms with E-state index < -0.39 is 10.0 Å². The average Bonchev–Trinajstić information content (AvgIpc) is 2.75. The van der Waals surface area contributed by atoms with Crippen molar-refractivity contribution in [2.24, 2.45) is 5.92 Å². The van der Waals surface area contributed by atoms with Gasteiger partial charge >= 0.3 is 0 Å². The highest BCUT2D eigenvalue weighted by Crippen LogP contribution is 2.22. The Kier molecular flexibility index (Phi) is 7.45. The number of amides is 1. The van der Waals surface area contributed by atoms with Crippen LogP contribution in [0.1, 0.15) is 37.3 Å². The number of hydrogen-bond donors (Lipinski definition) is 1. The molecule has 29 heavy (non-hydrogen) atoms. The maximum absolute atomic E-state index is 12.8. The number of carbonyl (C=O) groups is 1. The third kappa shape index (κ3) is 6.15. The molecule has 1 aliphatic rings. The predicted octanol–water partition coefficient (Wildman–Crippen LogP) is 3.86. The lowest BCUT2D eigenvalue weighted by Crippen LogP contribution is -2.44. The van der Waals surface area contributed by atoms with Gasteiger partial charge in [0.1, 0.15) is 0 Å². The zero-order valence-corrected chi connectivity index (χ0v) is 17.8. The van der Waals surface area contributed by atoms with E-state index in [1.165, 1.54) is 9.87 Å². The first-order chi connectivity index (χ1) is 14.0. The number of piperidine rings is 1. The number of nitrogens with zero attached hydrogens (tertiary/aromatic N) is 1. The van der Waals surface area contributed by atoms with Gasteiger partial charge in [0.2, 0.25) is 15.9 Å². The van der Waals surface area contributed by atoms with Gasteiger partial charge in [0.25, 0.3) is 0 Å². The molecule has 1 amide bonds. The number of aryl methyl sites for hydroxylation is 2. The van der Waals surface area contributed by atoms with Crippen LogP contribution in [0, 0.1) is 5.92 Å². The highest BCUT2D eigenvalue weighted by Gasteiger charge is 2.32. The molecule has 0 bridgehead atoms. The summed E-state index contributed by atoms with van der Waals surface area (Å²) in [6.07, 6.45) is 3.71. The Bertz CT molecular complexity index is 895. The molecule has 0 aliphatic carbocycles. The van der Waals surface area contributed by atoms with Crippen molar-refractivity contribution in [1.29, 1.82) is 0 Å². The fourth-order valence-electron chi connectivity index (χ4n) is 3.71. The van der Waals surface area contributed by atoms with E-state index in [1.807, 2.05) is 54.6 Å². The van der Waals surface area contributed by atoms with Gasteiger partial charge in [-0.15, -0.1) is 0 Å². The second-order valence-corrected chi connectivity index (χ2v) is 9.73. The highest BCUT2D eigenvalue weighted by molar-refractivity contribution is 7.89. The number of rotatable bonds is 8. The Morgan fingerprint density at radius 3 is 2.48 bits per heavy atom. The number of carbonyl (C=O) groups excluding carboxylic acids is 1. The maximum Gasteiger partial charge on any atom is 0.228 e. The van der Waals surface area contributed by atoms with Crippen LogP contribution in [-0.2, 0) is 27.7 Å². The maximum atomic E-state index is 12.8. The van der Waals surface area contributed by atoms with Gasteiger partial charge < -0.3 is 5.32 Å². The number of anilines is 1. The van der Waals surface area contributed by atoms with Crippen LogP contribution in [0.3, 0.4) is 0 Å². The van der Waals surface area contributed by atoms with Crippen molar-refractivity contribution in [2.45, 2.75) is 39.0 Å². The zero-order valence-electron chi connectivity index (χ0n) is 17.0. The molecule has 0 aromatic heterocycles. The molecule has 2 aromatic rings. The Balaban J connectivity index is 1.53. The van der Waals surface area contributed by atoms with E-state index in [0.29, 0.717) is 19.4 Å². The molecule has 0 saturated carbocycles. The van der Waals surface area contributed by atoms with Gasteiger partial charge in [-0.2, -0.15) is 0 Å². The van der Waals surface area contributed by atoms with Crippen molar-refractivity contribution in [3.8, 4) is 0 Å². The van der Waals surface area contributed by atoms with E-state index >= 15 is 0 Å². The largest absolute Gasteiger partial charge is 0.326 e. The Labute approximate surface area is 174 Å². The zero-order chi connectivity index (χ0) is 20.7. The van der Waals surface area contributed by atoms with Crippen molar-refractivity contribution in [1.82, 2.24) is 4.31 Å². The number of nitrogens with one attached hydrogen (secondary N) is 1. The molecule has 1 saturated heterocycles. The molecule has 3 rings (SSSR count). The molecule has 2 aromatic carbocycles. The minimum atomic E-state index is -3.35. The molecule has 1 heterocycles. The summed E-state index contributed by atoms with van der Waals surface area (Å²) in [5.41, 5.74) is 3.12. The molecule has 0 radical (unpaired) electrons. The molecule has 0 unspecified atom stereocenters. The summed E-state index contributed by atoms with van der Waals surface area (Å²) in [7, 11) is -3.35. The Morgan fingerprint density at radius 2 is 1.79 bits per heavy atom. The first-order valence-electron chi connectivity index (χ1n) is 10.4. The average molecular weight is 415 g/mol. The molecule has 6 heteroatoms. The second-order valence-electron chi connectivity index (χ2n) is 7.64. The summed E-state index contributed by atoms with van der Waals surface area (Å²) >= 11 is 0. The topological polar surface area (TPSA) is 66.5 Å². The fraction of sp³-hybridized carbons (Fsp3) is 0.435. The van der Waals surface area contributed by atoms with Gasteiger partial charge in [0.05, 0.1) is 11.7 Å². The lowest BCUT2D eigenvalue weighted by Gasteiger charge is -2.31. The fourth-order valence-corrected chi connectivity index (χ4v) is 5.29. The van der Waals surface area contributed by atoms with Gasteiger partial charge in [0, 0.05) is 18.8 Å². The quantitative estimate of drug-likeness (QED) is 0.713. The minimum absolute atomic E-state index is 0.0987. The SMILES string of the molecule is CCc1ccc(NC(=O)[C@@H]2CCCN(S(=O)(=O)CCCc3ccccc3)C2)cc1. The smallest absolute Gasteiger partial charge is 0.228 e. The van der Waals surface area contributed by atoms with E-state index in [4.69, 9.17) is 0 Å². The first-order valence-corrected chi connectivity index (χ1v) is 12.0. The van der Waals surface area contributed by atoms with Crippen LogP contribution >= 0.6 is 0 Å². The third-order valence-corrected chi connectivity index (χ3v) is 7.41. The van der Waals surface area contributed by atoms with Crippen molar-refractivity contribution in [3.63, 3.8) is 0 Å². The summed E-state index contributed by atoms with van der Waals surface area (Å²) in [4.78, 5) is 12.7. The molecule has 1 aliphatic heterocycles. The molecule has 1 fully saturated rings. The molecular weight excluding hydrogens is 384 g/mol. The van der Waals surface area contributed by atoms with Crippen molar-refractivity contribution in [2.75, 3.05) is 24.2 Å². The molecule has 5 nitrogen and oxygen atoms in total. The normalized spacial score (nSPS) is 17.8.